The van der Waals surface area contributed by atoms with E-state index in [1.807, 2.05) is 51.9 Å². The van der Waals surface area contributed by atoms with Crippen LogP contribution in [0.15, 0.2) is 18.2 Å². The van der Waals surface area contributed by atoms with Crippen LogP contribution in [0, 0.1) is 5.41 Å². The van der Waals surface area contributed by atoms with Gasteiger partial charge in [-0.3, -0.25) is 9.69 Å². The van der Waals surface area contributed by atoms with Crippen LogP contribution < -0.4 is 9.47 Å². The molecule has 27 heavy (non-hydrogen) atoms. The van der Waals surface area contributed by atoms with E-state index in [9.17, 15) is 4.79 Å². The van der Waals surface area contributed by atoms with Crippen molar-refractivity contribution in [2.24, 2.45) is 5.41 Å². The summed E-state index contributed by atoms with van der Waals surface area (Å²) in [6.45, 7) is 11.5. The van der Waals surface area contributed by atoms with Gasteiger partial charge in [0.15, 0.2) is 11.5 Å². The van der Waals surface area contributed by atoms with Crippen molar-refractivity contribution in [3.63, 3.8) is 0 Å². The van der Waals surface area contributed by atoms with Crippen LogP contribution in [0.4, 0.5) is 0 Å². The second kappa shape index (κ2) is 9.42. The summed E-state index contributed by atoms with van der Waals surface area (Å²) < 4.78 is 11.6. The molecule has 0 atom stereocenters. The summed E-state index contributed by atoms with van der Waals surface area (Å²) in [7, 11) is 5.74. The lowest BCUT2D eigenvalue weighted by Crippen LogP contribution is -2.51. The molecule has 0 N–H and O–H groups in total. The quantitative estimate of drug-likeness (QED) is 0.730. The van der Waals surface area contributed by atoms with Crippen molar-refractivity contribution < 1.29 is 14.3 Å². The summed E-state index contributed by atoms with van der Waals surface area (Å²) in [6.07, 6.45) is 0. The van der Waals surface area contributed by atoms with E-state index in [0.717, 1.165) is 56.3 Å². The summed E-state index contributed by atoms with van der Waals surface area (Å²) in [5, 5.41) is 0. The third-order valence-electron chi connectivity index (χ3n) is 4.76. The van der Waals surface area contributed by atoms with E-state index in [0.29, 0.717) is 6.61 Å². The fourth-order valence-electron chi connectivity index (χ4n) is 3.16. The summed E-state index contributed by atoms with van der Waals surface area (Å²) in [5.41, 5.74) is 0.811. The van der Waals surface area contributed by atoms with Crippen molar-refractivity contribution in [1.82, 2.24) is 14.7 Å². The van der Waals surface area contributed by atoms with E-state index >= 15 is 0 Å². The van der Waals surface area contributed by atoms with Crippen LogP contribution >= 0.6 is 0 Å². The smallest absolute Gasteiger partial charge is 0.228 e. The highest BCUT2D eigenvalue weighted by Gasteiger charge is 2.29. The van der Waals surface area contributed by atoms with Crippen molar-refractivity contribution in [1.29, 1.82) is 0 Å². The molecule has 1 fully saturated rings. The Morgan fingerprint density at radius 3 is 2.37 bits per heavy atom. The van der Waals surface area contributed by atoms with E-state index in [1.54, 1.807) is 7.11 Å². The molecule has 0 aromatic heterocycles. The zero-order chi connectivity index (χ0) is 20.0. The Morgan fingerprint density at radius 2 is 1.81 bits per heavy atom. The molecule has 1 aliphatic rings. The Bertz CT molecular complexity index is 618. The van der Waals surface area contributed by atoms with Crippen LogP contribution in [0.2, 0.25) is 0 Å². The Hall–Kier alpha value is -1.79. The lowest BCUT2D eigenvalue weighted by atomic mass is 9.94. The van der Waals surface area contributed by atoms with Gasteiger partial charge in [0, 0.05) is 50.2 Å². The van der Waals surface area contributed by atoms with Crippen LogP contribution in [0.3, 0.4) is 0 Å². The highest BCUT2D eigenvalue weighted by atomic mass is 16.5. The fourth-order valence-corrected chi connectivity index (χ4v) is 3.16. The van der Waals surface area contributed by atoms with Gasteiger partial charge in [-0.15, -0.1) is 0 Å². The first kappa shape index (κ1) is 21.5. The van der Waals surface area contributed by atoms with Crippen LogP contribution in [0.25, 0.3) is 0 Å². The van der Waals surface area contributed by atoms with Gasteiger partial charge in [-0.05, 0) is 20.2 Å². The second-order valence-electron chi connectivity index (χ2n) is 8.42. The predicted octanol–water partition coefficient (Wildman–Crippen LogP) is 2.33. The maximum absolute atomic E-state index is 12.5. The van der Waals surface area contributed by atoms with E-state index in [1.165, 1.54) is 0 Å². The molecule has 1 amide bonds. The fraction of sp³-hybridized carbons (Fsp3) is 0.667. The minimum absolute atomic E-state index is 0.233. The van der Waals surface area contributed by atoms with Crippen molar-refractivity contribution in [3.05, 3.63) is 23.8 Å². The van der Waals surface area contributed by atoms with Crippen LogP contribution in [0.1, 0.15) is 26.3 Å². The van der Waals surface area contributed by atoms with Gasteiger partial charge in [-0.1, -0.05) is 32.9 Å². The summed E-state index contributed by atoms with van der Waals surface area (Å²) in [5.74, 6) is 1.83. The number of amides is 1. The van der Waals surface area contributed by atoms with E-state index < -0.39 is 0 Å². The molecule has 0 aliphatic carbocycles. The Morgan fingerprint density at radius 1 is 1.15 bits per heavy atom. The standard InChI is InChI=1S/C21H35N3O3/c1-21(2,3)20(25)24-12-10-23(11-13-24)16-17-8-7-9-18(26-6)19(17)27-15-14-22(4)5/h7-9H,10-16H2,1-6H3. The molecular formula is C21H35N3O3. The van der Waals surface area contributed by atoms with Gasteiger partial charge in [-0.25, -0.2) is 0 Å². The van der Waals surface area contributed by atoms with Crippen molar-refractivity contribution in [3.8, 4) is 11.5 Å². The lowest BCUT2D eigenvalue weighted by molar-refractivity contribution is -0.141. The van der Waals surface area contributed by atoms with Gasteiger partial charge in [-0.2, -0.15) is 0 Å². The molecule has 0 radical (unpaired) electrons. The zero-order valence-electron chi connectivity index (χ0n) is 17.7. The van der Waals surface area contributed by atoms with Crippen LogP contribution in [-0.2, 0) is 11.3 Å². The molecule has 0 spiro atoms. The second-order valence-corrected chi connectivity index (χ2v) is 8.42. The number of piperazine rings is 1. The van der Waals surface area contributed by atoms with Crippen LogP contribution in [-0.4, -0.2) is 81.1 Å². The van der Waals surface area contributed by atoms with Gasteiger partial charge in [0.2, 0.25) is 5.91 Å². The molecule has 1 aromatic carbocycles. The minimum Gasteiger partial charge on any atom is -0.493 e. The Balaban J connectivity index is 2.00. The average Bonchev–Trinajstić information content (AvgIpc) is 2.61. The number of hydrogen-bond donors (Lipinski definition) is 0. The third kappa shape index (κ3) is 6.11. The molecule has 1 aromatic rings. The van der Waals surface area contributed by atoms with E-state index in [-0.39, 0.29) is 11.3 Å². The lowest BCUT2D eigenvalue weighted by Gasteiger charge is -2.37. The number of nitrogens with zero attached hydrogens (tertiary/aromatic N) is 3. The number of ether oxygens (including phenoxy) is 2. The van der Waals surface area contributed by atoms with Crippen molar-refractivity contribution >= 4 is 5.91 Å². The predicted molar refractivity (Wildman–Crippen MR) is 108 cm³/mol. The maximum Gasteiger partial charge on any atom is 0.228 e. The molecule has 1 aliphatic heterocycles. The number of methoxy groups -OCH3 is 1. The van der Waals surface area contributed by atoms with Gasteiger partial charge in [0.1, 0.15) is 6.61 Å². The Labute approximate surface area is 164 Å². The number of likely N-dealkylation sites (N-methyl/N-ethyl adjacent to an activating group) is 1. The third-order valence-corrected chi connectivity index (χ3v) is 4.76. The molecule has 1 heterocycles. The summed E-state index contributed by atoms with van der Waals surface area (Å²) in [6, 6.07) is 6.04. The summed E-state index contributed by atoms with van der Waals surface area (Å²) in [4.78, 5) is 18.9. The van der Waals surface area contributed by atoms with Crippen molar-refractivity contribution in [2.75, 3.05) is 60.5 Å². The molecule has 6 heteroatoms. The first-order chi connectivity index (χ1) is 12.7. The maximum atomic E-state index is 12.5. The number of para-hydroxylation sites is 1. The first-order valence-corrected chi connectivity index (χ1v) is 9.67. The average molecular weight is 378 g/mol. The number of rotatable bonds is 7. The topological polar surface area (TPSA) is 45.3 Å². The van der Waals surface area contributed by atoms with Gasteiger partial charge >= 0.3 is 0 Å². The van der Waals surface area contributed by atoms with E-state index in [2.05, 4.69) is 15.9 Å². The normalized spacial score (nSPS) is 15.9. The highest BCUT2D eigenvalue weighted by molar-refractivity contribution is 5.81. The first-order valence-electron chi connectivity index (χ1n) is 9.67. The largest absolute Gasteiger partial charge is 0.493 e. The summed E-state index contributed by atoms with van der Waals surface area (Å²) >= 11 is 0. The number of benzene rings is 1. The molecule has 0 bridgehead atoms. The molecule has 6 nitrogen and oxygen atoms in total. The van der Waals surface area contributed by atoms with Crippen molar-refractivity contribution in [2.45, 2.75) is 27.3 Å². The highest BCUT2D eigenvalue weighted by Crippen LogP contribution is 2.32. The molecule has 0 saturated carbocycles. The monoisotopic (exact) mass is 377 g/mol. The molecule has 1 saturated heterocycles. The zero-order valence-corrected chi connectivity index (χ0v) is 17.7. The number of hydrogen-bond acceptors (Lipinski definition) is 5. The molecule has 2 rings (SSSR count). The van der Waals surface area contributed by atoms with Crippen LogP contribution in [0.5, 0.6) is 11.5 Å². The number of carbonyl (C=O) groups excluding carboxylic acids is 1. The van der Waals surface area contributed by atoms with Gasteiger partial charge < -0.3 is 19.3 Å². The SMILES string of the molecule is COc1cccc(CN2CCN(C(=O)C(C)(C)C)CC2)c1OCCN(C)C. The molecule has 0 unspecified atom stereocenters. The molecule has 152 valence electrons. The minimum atomic E-state index is -0.317. The number of carbonyl (C=O) groups is 1. The van der Waals surface area contributed by atoms with Gasteiger partial charge in [0.25, 0.3) is 0 Å². The molecular weight excluding hydrogens is 342 g/mol. The van der Waals surface area contributed by atoms with Gasteiger partial charge in [0.05, 0.1) is 7.11 Å². The van der Waals surface area contributed by atoms with E-state index in [4.69, 9.17) is 9.47 Å². The Kier molecular flexibility index (Phi) is 7.50.